The number of nitrogens with zero attached hydrogens (tertiary/aromatic N) is 3. The van der Waals surface area contributed by atoms with Crippen molar-refractivity contribution < 1.29 is 22.9 Å². The average Bonchev–Trinajstić information content (AvgIpc) is 3.19. The molecule has 2 aromatic rings. The predicted molar refractivity (Wildman–Crippen MR) is 145 cm³/mol. The van der Waals surface area contributed by atoms with E-state index >= 15 is 0 Å². The molecular weight excluding hydrogens is 508 g/mol. The maximum absolute atomic E-state index is 13.9. The van der Waals surface area contributed by atoms with E-state index < -0.39 is 38.7 Å². The molecule has 0 radical (unpaired) electrons. The predicted octanol–water partition coefficient (Wildman–Crippen LogP) is 4.41. The summed E-state index contributed by atoms with van der Waals surface area (Å²) in [7, 11) is -4.03. The molecule has 0 aromatic heterocycles. The summed E-state index contributed by atoms with van der Waals surface area (Å²) >= 11 is 0. The first-order valence-corrected chi connectivity index (χ1v) is 14.2. The topological polar surface area (TPSA) is 122 Å². The Morgan fingerprint density at radius 1 is 1.13 bits per heavy atom. The van der Waals surface area contributed by atoms with Crippen LogP contribution in [0.5, 0.6) is 0 Å². The minimum atomic E-state index is -4.03. The van der Waals surface area contributed by atoms with Crippen molar-refractivity contribution in [2.45, 2.75) is 70.2 Å². The van der Waals surface area contributed by atoms with Crippen LogP contribution in [-0.2, 0) is 21.3 Å². The minimum absolute atomic E-state index is 0.0237. The third-order valence-corrected chi connectivity index (χ3v) is 8.21. The van der Waals surface area contributed by atoms with Gasteiger partial charge in [-0.3, -0.25) is 15.0 Å². The Labute approximate surface area is 225 Å². The van der Waals surface area contributed by atoms with Gasteiger partial charge in [0.25, 0.3) is 5.69 Å². The number of non-ortho nitro benzene ring substituents is 1. The van der Waals surface area contributed by atoms with Gasteiger partial charge in [0.1, 0.15) is 5.60 Å². The molecule has 10 nitrogen and oxygen atoms in total. The van der Waals surface area contributed by atoms with E-state index in [1.54, 1.807) is 20.8 Å². The number of hydrogen-bond donors (Lipinski definition) is 1. The molecule has 0 spiro atoms. The molecule has 0 saturated carbocycles. The highest BCUT2D eigenvalue weighted by Gasteiger charge is 2.43. The van der Waals surface area contributed by atoms with E-state index in [-0.39, 0.29) is 23.0 Å². The van der Waals surface area contributed by atoms with Gasteiger partial charge in [0.2, 0.25) is 10.0 Å². The van der Waals surface area contributed by atoms with Gasteiger partial charge in [-0.1, -0.05) is 44.2 Å². The van der Waals surface area contributed by atoms with E-state index in [2.05, 4.69) is 10.2 Å². The number of carbonyl (C=O) groups excluding carboxylic acids is 1. The summed E-state index contributed by atoms with van der Waals surface area (Å²) in [6.45, 7) is 11.0. The Morgan fingerprint density at radius 3 is 2.32 bits per heavy atom. The number of benzene rings is 2. The zero-order valence-electron chi connectivity index (χ0n) is 22.7. The van der Waals surface area contributed by atoms with Crippen LogP contribution in [0.4, 0.5) is 10.5 Å². The van der Waals surface area contributed by atoms with Crippen LogP contribution in [0.25, 0.3) is 0 Å². The lowest BCUT2D eigenvalue weighted by Gasteiger charge is -2.33. The quantitative estimate of drug-likeness (QED) is 0.346. The summed E-state index contributed by atoms with van der Waals surface area (Å²) in [6, 6.07) is 13.7. The molecule has 1 heterocycles. The van der Waals surface area contributed by atoms with Gasteiger partial charge in [-0.15, -0.1) is 0 Å². The normalized spacial score (nSPS) is 18.6. The molecular formula is C27H38N4O6S. The lowest BCUT2D eigenvalue weighted by Crippen LogP contribution is -2.54. The number of sulfonamides is 1. The molecule has 1 fully saturated rings. The SMILES string of the molecule is CC(C)CCN([C@@H]1CN(Cc2ccccc2)C[C@H]1NC(=O)OC(C)(C)C)S(=O)(=O)c1ccc([N+](=O)[O-])cc1. The first-order valence-electron chi connectivity index (χ1n) is 12.8. The number of nitro benzene ring substituents is 1. The van der Waals surface area contributed by atoms with Crippen LogP contribution >= 0.6 is 0 Å². The summed E-state index contributed by atoms with van der Waals surface area (Å²) in [6.07, 6.45) is 0.00574. The number of alkyl carbamates (subject to hydrolysis) is 1. The second-order valence-electron chi connectivity index (χ2n) is 11.0. The van der Waals surface area contributed by atoms with Gasteiger partial charge in [0.15, 0.2) is 0 Å². The number of rotatable bonds is 10. The summed E-state index contributed by atoms with van der Waals surface area (Å²) in [4.78, 5) is 25.4. The molecule has 1 aliphatic heterocycles. The molecule has 0 unspecified atom stereocenters. The average molecular weight is 547 g/mol. The summed E-state index contributed by atoms with van der Waals surface area (Å²) in [5.41, 5.74) is 0.192. The molecule has 208 valence electrons. The lowest BCUT2D eigenvalue weighted by molar-refractivity contribution is -0.384. The zero-order chi connectivity index (χ0) is 28.1. The summed E-state index contributed by atoms with van der Waals surface area (Å²) < 4.78 is 34.8. The Balaban J connectivity index is 1.95. The molecule has 1 saturated heterocycles. The molecule has 0 bridgehead atoms. The molecule has 2 atom stereocenters. The molecule has 11 heteroatoms. The van der Waals surface area contributed by atoms with Crippen LogP contribution in [0, 0.1) is 16.0 Å². The van der Waals surface area contributed by atoms with Crippen molar-refractivity contribution in [1.29, 1.82) is 0 Å². The number of nitro groups is 1. The van der Waals surface area contributed by atoms with Gasteiger partial charge in [-0.2, -0.15) is 4.31 Å². The number of hydrogen-bond acceptors (Lipinski definition) is 7. The third-order valence-electron chi connectivity index (χ3n) is 6.27. The highest BCUT2D eigenvalue weighted by atomic mass is 32.2. The standard InChI is InChI=1S/C27H38N4O6S/c1-20(2)15-16-30(38(35,36)23-13-11-22(12-14-23)31(33)34)25-19-29(17-21-9-7-6-8-10-21)18-24(25)28-26(32)37-27(3,4)5/h6-14,20,24-25H,15-19H2,1-5H3,(H,28,32)/t24-,25-/m1/s1. The van der Waals surface area contributed by atoms with Crippen LogP contribution in [0.2, 0.25) is 0 Å². The summed E-state index contributed by atoms with van der Waals surface area (Å²) in [5.74, 6) is 0.239. The Bertz CT molecular complexity index is 1200. The van der Waals surface area contributed by atoms with Crippen LogP contribution in [0.1, 0.15) is 46.6 Å². The lowest BCUT2D eigenvalue weighted by atomic mass is 10.1. The molecule has 1 aliphatic rings. The van der Waals surface area contributed by atoms with Gasteiger partial charge in [-0.05, 0) is 50.8 Å². The first-order chi connectivity index (χ1) is 17.8. The van der Waals surface area contributed by atoms with Gasteiger partial charge in [0, 0.05) is 38.3 Å². The van der Waals surface area contributed by atoms with Crippen molar-refractivity contribution in [3.8, 4) is 0 Å². The van der Waals surface area contributed by atoms with Gasteiger partial charge >= 0.3 is 6.09 Å². The van der Waals surface area contributed by atoms with Crippen molar-refractivity contribution in [3.05, 3.63) is 70.3 Å². The van der Waals surface area contributed by atoms with Crippen molar-refractivity contribution in [2.75, 3.05) is 19.6 Å². The molecule has 2 aromatic carbocycles. The molecule has 3 rings (SSSR count). The monoisotopic (exact) mass is 546 g/mol. The van der Waals surface area contributed by atoms with Crippen molar-refractivity contribution >= 4 is 21.8 Å². The molecule has 0 aliphatic carbocycles. The van der Waals surface area contributed by atoms with E-state index in [4.69, 9.17) is 4.74 Å². The number of amides is 1. The van der Waals surface area contributed by atoms with Crippen LogP contribution in [0.15, 0.2) is 59.5 Å². The van der Waals surface area contributed by atoms with E-state index in [1.807, 2.05) is 44.2 Å². The molecule has 1 amide bonds. The number of carbonyl (C=O) groups is 1. The van der Waals surface area contributed by atoms with Crippen molar-refractivity contribution in [3.63, 3.8) is 0 Å². The van der Waals surface area contributed by atoms with E-state index in [9.17, 15) is 23.3 Å². The maximum Gasteiger partial charge on any atom is 0.407 e. The maximum atomic E-state index is 13.9. The fourth-order valence-corrected chi connectivity index (χ4v) is 6.12. The highest BCUT2D eigenvalue weighted by molar-refractivity contribution is 7.89. The highest BCUT2D eigenvalue weighted by Crippen LogP contribution is 2.28. The van der Waals surface area contributed by atoms with Gasteiger partial charge in [-0.25, -0.2) is 13.2 Å². The van der Waals surface area contributed by atoms with Gasteiger partial charge < -0.3 is 10.1 Å². The second-order valence-corrected chi connectivity index (χ2v) is 12.9. The van der Waals surface area contributed by atoms with Crippen LogP contribution in [0.3, 0.4) is 0 Å². The van der Waals surface area contributed by atoms with E-state index in [0.717, 1.165) is 5.56 Å². The van der Waals surface area contributed by atoms with Crippen molar-refractivity contribution in [1.82, 2.24) is 14.5 Å². The number of nitrogens with one attached hydrogen (secondary N) is 1. The Morgan fingerprint density at radius 2 is 1.76 bits per heavy atom. The Kier molecular flexibility index (Phi) is 9.50. The molecule has 38 heavy (non-hydrogen) atoms. The third kappa shape index (κ3) is 7.99. The van der Waals surface area contributed by atoms with E-state index in [1.165, 1.54) is 28.6 Å². The van der Waals surface area contributed by atoms with Crippen molar-refractivity contribution in [2.24, 2.45) is 5.92 Å². The second kappa shape index (κ2) is 12.2. The fraction of sp³-hybridized carbons (Fsp3) is 0.519. The number of likely N-dealkylation sites (tertiary alicyclic amines) is 1. The van der Waals surface area contributed by atoms with E-state index in [0.29, 0.717) is 26.1 Å². The smallest absolute Gasteiger partial charge is 0.407 e. The fourth-order valence-electron chi connectivity index (χ4n) is 4.45. The summed E-state index contributed by atoms with van der Waals surface area (Å²) in [5, 5.41) is 14.0. The van der Waals surface area contributed by atoms with Crippen LogP contribution < -0.4 is 5.32 Å². The Hall–Kier alpha value is -3.02. The largest absolute Gasteiger partial charge is 0.444 e. The first kappa shape index (κ1) is 29.5. The zero-order valence-corrected chi connectivity index (χ0v) is 23.5. The van der Waals surface area contributed by atoms with Crippen LogP contribution in [-0.4, -0.2) is 66.0 Å². The minimum Gasteiger partial charge on any atom is -0.444 e. The number of ether oxygens (including phenoxy) is 1. The van der Waals surface area contributed by atoms with Gasteiger partial charge in [0.05, 0.1) is 21.9 Å². The molecule has 1 N–H and O–H groups in total.